The van der Waals surface area contributed by atoms with E-state index in [1.54, 1.807) is 6.07 Å². The lowest BCUT2D eigenvalue weighted by atomic mass is 9.87. The largest absolute Gasteiger partial charge is 0.481 e. The summed E-state index contributed by atoms with van der Waals surface area (Å²) in [5.74, 6) is -1.34. The lowest BCUT2D eigenvalue weighted by Gasteiger charge is -2.26. The Morgan fingerprint density at radius 1 is 1.03 bits per heavy atom. The van der Waals surface area contributed by atoms with E-state index in [0.717, 1.165) is 12.1 Å². The molecule has 0 saturated heterocycles. The first-order valence-electron chi connectivity index (χ1n) is 11.3. The van der Waals surface area contributed by atoms with Gasteiger partial charge >= 0.3 is 12.1 Å². The van der Waals surface area contributed by atoms with Crippen LogP contribution in [0.1, 0.15) is 31.2 Å². The van der Waals surface area contributed by atoms with E-state index < -0.39 is 23.5 Å². The summed E-state index contributed by atoms with van der Waals surface area (Å²) >= 11 is 0. The van der Waals surface area contributed by atoms with Crippen LogP contribution in [0.5, 0.6) is 5.88 Å². The highest BCUT2D eigenvalue weighted by Gasteiger charge is 2.31. The van der Waals surface area contributed by atoms with Crippen LogP contribution < -0.4 is 4.74 Å². The summed E-state index contributed by atoms with van der Waals surface area (Å²) < 4.78 is 59.6. The van der Waals surface area contributed by atoms with Crippen molar-refractivity contribution in [3.05, 3.63) is 60.2 Å². The SMILES string of the molecule is O=C(O)C1CCC(Oc2cnc(-c3ccc(-c4nc5ccc(C(F)(F)F)cc5[nH]4)c(F)c3)cn2)CC1. The number of ether oxygens (including phenoxy) is 1. The van der Waals surface area contributed by atoms with Crippen LogP contribution in [0, 0.1) is 11.7 Å². The van der Waals surface area contributed by atoms with E-state index in [9.17, 15) is 22.4 Å². The van der Waals surface area contributed by atoms with Gasteiger partial charge < -0.3 is 14.8 Å². The molecule has 0 spiro atoms. The van der Waals surface area contributed by atoms with E-state index in [1.807, 2.05) is 0 Å². The molecule has 0 unspecified atom stereocenters. The van der Waals surface area contributed by atoms with Gasteiger partial charge in [-0.3, -0.25) is 4.79 Å². The number of H-pyrrole nitrogens is 1. The second-order valence-electron chi connectivity index (χ2n) is 8.68. The van der Waals surface area contributed by atoms with Gasteiger partial charge in [0.05, 0.1) is 46.2 Å². The van der Waals surface area contributed by atoms with Gasteiger partial charge in [-0.25, -0.2) is 19.3 Å². The summed E-state index contributed by atoms with van der Waals surface area (Å²) in [6.45, 7) is 0. The third kappa shape index (κ3) is 4.86. The maximum Gasteiger partial charge on any atom is 0.416 e. The number of hydrogen-bond acceptors (Lipinski definition) is 5. The number of fused-ring (bicyclic) bond motifs is 1. The van der Waals surface area contributed by atoms with Crippen LogP contribution in [0.25, 0.3) is 33.7 Å². The zero-order valence-corrected chi connectivity index (χ0v) is 18.7. The molecule has 1 aliphatic carbocycles. The van der Waals surface area contributed by atoms with E-state index in [1.165, 1.54) is 30.6 Å². The van der Waals surface area contributed by atoms with Crippen molar-refractivity contribution in [2.24, 2.45) is 5.92 Å². The van der Waals surface area contributed by atoms with Crippen molar-refractivity contribution in [3.8, 4) is 28.5 Å². The highest BCUT2D eigenvalue weighted by Crippen LogP contribution is 2.33. The number of imidazole rings is 1. The number of halogens is 4. The predicted molar refractivity (Wildman–Crippen MR) is 122 cm³/mol. The molecule has 7 nitrogen and oxygen atoms in total. The number of benzene rings is 2. The van der Waals surface area contributed by atoms with Crippen molar-refractivity contribution < 1.29 is 32.2 Å². The van der Waals surface area contributed by atoms with Crippen molar-refractivity contribution in [2.75, 3.05) is 0 Å². The summed E-state index contributed by atoms with van der Waals surface area (Å²) in [6.07, 6.45) is 0.590. The topological polar surface area (TPSA) is 101 Å². The van der Waals surface area contributed by atoms with Gasteiger partial charge in [0.15, 0.2) is 0 Å². The Balaban J connectivity index is 1.30. The summed E-state index contributed by atoms with van der Waals surface area (Å²) in [6, 6.07) is 7.45. The highest BCUT2D eigenvalue weighted by atomic mass is 19.4. The van der Waals surface area contributed by atoms with E-state index in [-0.39, 0.29) is 28.9 Å². The molecule has 5 rings (SSSR count). The van der Waals surface area contributed by atoms with Crippen LogP contribution in [0.15, 0.2) is 48.8 Å². The van der Waals surface area contributed by atoms with Crippen molar-refractivity contribution >= 4 is 17.0 Å². The fourth-order valence-electron chi connectivity index (χ4n) is 4.30. The Morgan fingerprint density at radius 3 is 2.44 bits per heavy atom. The van der Waals surface area contributed by atoms with Gasteiger partial charge in [0.25, 0.3) is 0 Å². The number of aromatic amines is 1. The van der Waals surface area contributed by atoms with Gasteiger partial charge in [-0.2, -0.15) is 13.2 Å². The molecule has 186 valence electrons. The molecule has 2 aromatic heterocycles. The second-order valence-corrected chi connectivity index (χ2v) is 8.68. The quantitative estimate of drug-likeness (QED) is 0.333. The first-order valence-corrected chi connectivity index (χ1v) is 11.3. The van der Waals surface area contributed by atoms with Gasteiger partial charge in [-0.05, 0) is 56.0 Å². The summed E-state index contributed by atoms with van der Waals surface area (Å²) in [5.41, 5.74) is 0.587. The Bertz CT molecular complexity index is 1410. The number of carbonyl (C=O) groups is 1. The van der Waals surface area contributed by atoms with E-state index in [0.29, 0.717) is 48.3 Å². The molecule has 11 heteroatoms. The maximum absolute atomic E-state index is 14.9. The summed E-state index contributed by atoms with van der Waals surface area (Å²) in [5, 5.41) is 9.09. The van der Waals surface area contributed by atoms with Crippen LogP contribution in [0.3, 0.4) is 0 Å². The summed E-state index contributed by atoms with van der Waals surface area (Å²) in [7, 11) is 0. The van der Waals surface area contributed by atoms with Gasteiger partial charge in [0.2, 0.25) is 5.88 Å². The first kappa shape index (κ1) is 23.7. The molecule has 0 radical (unpaired) electrons. The molecule has 4 aromatic rings. The molecule has 1 aliphatic rings. The van der Waals surface area contributed by atoms with Crippen molar-refractivity contribution in [1.82, 2.24) is 19.9 Å². The number of carboxylic acid groups (broad SMARTS) is 1. The fourth-order valence-corrected chi connectivity index (χ4v) is 4.30. The minimum Gasteiger partial charge on any atom is -0.481 e. The Labute approximate surface area is 202 Å². The lowest BCUT2D eigenvalue weighted by molar-refractivity contribution is -0.143. The maximum atomic E-state index is 14.9. The number of alkyl halides is 3. The highest BCUT2D eigenvalue weighted by molar-refractivity contribution is 5.80. The molecular formula is C25H20F4N4O3. The smallest absolute Gasteiger partial charge is 0.416 e. The van der Waals surface area contributed by atoms with Crippen LogP contribution in [0.2, 0.25) is 0 Å². The normalized spacial score (nSPS) is 18.3. The van der Waals surface area contributed by atoms with Crippen LogP contribution >= 0.6 is 0 Å². The van der Waals surface area contributed by atoms with Crippen molar-refractivity contribution in [2.45, 2.75) is 38.0 Å². The monoisotopic (exact) mass is 500 g/mol. The zero-order valence-electron chi connectivity index (χ0n) is 18.7. The first-order chi connectivity index (χ1) is 17.2. The average Bonchev–Trinajstić information content (AvgIpc) is 3.27. The second kappa shape index (κ2) is 9.21. The minimum atomic E-state index is -4.49. The Hall–Kier alpha value is -4.02. The molecule has 1 saturated carbocycles. The van der Waals surface area contributed by atoms with Gasteiger partial charge in [-0.15, -0.1) is 0 Å². The van der Waals surface area contributed by atoms with Crippen LogP contribution in [-0.4, -0.2) is 37.1 Å². The molecule has 0 bridgehead atoms. The van der Waals surface area contributed by atoms with Crippen molar-refractivity contribution in [3.63, 3.8) is 0 Å². The van der Waals surface area contributed by atoms with Gasteiger partial charge in [0.1, 0.15) is 17.7 Å². The number of aromatic nitrogens is 4. The summed E-state index contributed by atoms with van der Waals surface area (Å²) in [4.78, 5) is 26.6. The van der Waals surface area contributed by atoms with Gasteiger partial charge in [0, 0.05) is 5.56 Å². The number of hydrogen-bond donors (Lipinski definition) is 2. The minimum absolute atomic E-state index is 0.105. The fraction of sp³-hybridized carbons (Fsp3) is 0.280. The van der Waals surface area contributed by atoms with E-state index in [2.05, 4.69) is 19.9 Å². The molecule has 36 heavy (non-hydrogen) atoms. The molecule has 2 heterocycles. The van der Waals surface area contributed by atoms with Crippen molar-refractivity contribution in [1.29, 1.82) is 0 Å². The molecule has 0 atom stereocenters. The molecule has 2 aromatic carbocycles. The molecule has 0 amide bonds. The zero-order chi connectivity index (χ0) is 25.4. The average molecular weight is 500 g/mol. The predicted octanol–water partition coefficient (Wildman–Crippen LogP) is 5.87. The standard InChI is InChI=1S/C25H20F4N4O3/c26-18-9-14(21-11-31-22(12-30-21)36-16-5-1-13(2-6-16)24(34)35)3-7-17(18)23-32-19-8-4-15(25(27,28)29)10-20(19)33-23/h3-4,7-13,16H,1-2,5-6H2,(H,32,33)(H,34,35). The van der Waals surface area contributed by atoms with Gasteiger partial charge in [-0.1, -0.05) is 6.07 Å². The molecular weight excluding hydrogens is 480 g/mol. The van der Waals surface area contributed by atoms with Crippen LogP contribution in [-0.2, 0) is 11.0 Å². The number of nitrogens with zero attached hydrogens (tertiary/aromatic N) is 3. The number of aliphatic carboxylic acids is 1. The lowest BCUT2D eigenvalue weighted by Crippen LogP contribution is -2.28. The van der Waals surface area contributed by atoms with Crippen LogP contribution in [0.4, 0.5) is 17.6 Å². The van der Waals surface area contributed by atoms with E-state index in [4.69, 9.17) is 9.84 Å². The molecule has 0 aliphatic heterocycles. The number of nitrogens with one attached hydrogen (secondary N) is 1. The van der Waals surface area contributed by atoms with E-state index >= 15 is 0 Å². The molecule has 2 N–H and O–H groups in total. The number of carboxylic acids is 1. The number of rotatable bonds is 5. The molecule has 1 fully saturated rings. The third-order valence-corrected chi connectivity index (χ3v) is 6.27. The Kier molecular flexibility index (Phi) is 6.07. The third-order valence-electron chi connectivity index (χ3n) is 6.27. The Morgan fingerprint density at radius 2 is 1.81 bits per heavy atom.